The molecule has 0 saturated heterocycles. The van der Waals surface area contributed by atoms with Gasteiger partial charge in [-0.1, -0.05) is 17.7 Å². The maximum Gasteiger partial charge on any atom is 0.317 e. The number of urea groups is 1. The number of hydrogen-bond donors (Lipinski definition) is 1. The Kier molecular flexibility index (Phi) is 6.86. The summed E-state index contributed by atoms with van der Waals surface area (Å²) in [5, 5.41) is 7.16. The molecule has 0 aliphatic heterocycles. The van der Waals surface area contributed by atoms with Gasteiger partial charge in [-0.25, -0.2) is 4.79 Å². The van der Waals surface area contributed by atoms with E-state index in [-0.39, 0.29) is 12.1 Å². The van der Waals surface area contributed by atoms with Gasteiger partial charge in [0.2, 0.25) is 0 Å². The Morgan fingerprint density at radius 2 is 2.20 bits per heavy atom. The molecule has 0 fully saturated rings. The zero-order chi connectivity index (χ0) is 18.2. The predicted molar refractivity (Wildman–Crippen MR) is 98.9 cm³/mol. The molecule has 136 valence electrons. The first-order valence-corrected chi connectivity index (χ1v) is 8.65. The third-order valence-corrected chi connectivity index (χ3v) is 4.08. The van der Waals surface area contributed by atoms with Crippen molar-refractivity contribution < 1.29 is 9.53 Å². The molecule has 2 rings (SSSR count). The van der Waals surface area contributed by atoms with Gasteiger partial charge in [-0.05, 0) is 44.9 Å². The molecular weight excluding hydrogens is 316 g/mol. The van der Waals surface area contributed by atoms with Gasteiger partial charge in [0, 0.05) is 32.0 Å². The normalized spacial score (nSPS) is 11.8. The Morgan fingerprint density at radius 1 is 1.40 bits per heavy atom. The van der Waals surface area contributed by atoms with Gasteiger partial charge in [0.1, 0.15) is 12.4 Å². The first kappa shape index (κ1) is 18.8. The molecule has 0 radical (unpaired) electrons. The fourth-order valence-corrected chi connectivity index (χ4v) is 2.51. The zero-order valence-electron chi connectivity index (χ0n) is 15.5. The number of carbonyl (C=O) groups excluding carboxylic acids is 1. The summed E-state index contributed by atoms with van der Waals surface area (Å²) < 4.78 is 7.65. The number of nitrogens with zero attached hydrogens (tertiary/aromatic N) is 3. The minimum absolute atomic E-state index is 0.0828. The standard InChI is InChI=1S/C19H28N4O2/c1-15-6-7-18(16(2)14-15)25-13-12-22(4)19(24)21-17(3)8-11-23-10-5-9-20-23/h5-7,9-10,14,17H,8,11-13H2,1-4H3,(H,21,24). The van der Waals surface area contributed by atoms with Crippen molar-refractivity contribution in [1.29, 1.82) is 0 Å². The molecule has 0 aliphatic rings. The van der Waals surface area contributed by atoms with Gasteiger partial charge < -0.3 is 15.0 Å². The van der Waals surface area contributed by atoms with Crippen molar-refractivity contribution in [2.75, 3.05) is 20.2 Å². The number of rotatable bonds is 8. The minimum Gasteiger partial charge on any atom is -0.491 e. The fraction of sp³-hybridized carbons (Fsp3) is 0.474. The number of hydrogen-bond acceptors (Lipinski definition) is 3. The van der Waals surface area contributed by atoms with Crippen molar-refractivity contribution >= 4 is 6.03 Å². The summed E-state index contributed by atoms with van der Waals surface area (Å²) in [6, 6.07) is 7.98. The number of aromatic nitrogens is 2. The molecule has 1 aromatic heterocycles. The summed E-state index contributed by atoms with van der Waals surface area (Å²) >= 11 is 0. The van der Waals surface area contributed by atoms with E-state index in [0.29, 0.717) is 13.2 Å². The molecule has 1 heterocycles. The van der Waals surface area contributed by atoms with Crippen LogP contribution in [0.2, 0.25) is 0 Å². The lowest BCUT2D eigenvalue weighted by Crippen LogP contribution is -2.43. The van der Waals surface area contributed by atoms with E-state index in [1.54, 1.807) is 18.1 Å². The largest absolute Gasteiger partial charge is 0.491 e. The highest BCUT2D eigenvalue weighted by Gasteiger charge is 2.12. The highest BCUT2D eigenvalue weighted by Crippen LogP contribution is 2.18. The van der Waals surface area contributed by atoms with Gasteiger partial charge in [0.05, 0.1) is 6.54 Å². The van der Waals surface area contributed by atoms with E-state index in [1.807, 2.05) is 42.9 Å². The average Bonchev–Trinajstić information content (AvgIpc) is 3.08. The molecule has 1 aromatic carbocycles. The quantitative estimate of drug-likeness (QED) is 0.801. The van der Waals surface area contributed by atoms with E-state index in [9.17, 15) is 4.79 Å². The van der Waals surface area contributed by atoms with E-state index in [4.69, 9.17) is 4.74 Å². The Hall–Kier alpha value is -2.50. The highest BCUT2D eigenvalue weighted by molar-refractivity contribution is 5.74. The lowest BCUT2D eigenvalue weighted by atomic mass is 10.1. The van der Waals surface area contributed by atoms with Crippen molar-refractivity contribution in [3.05, 3.63) is 47.8 Å². The van der Waals surface area contributed by atoms with Crippen LogP contribution in [0.4, 0.5) is 4.79 Å². The van der Waals surface area contributed by atoms with E-state index in [2.05, 4.69) is 23.4 Å². The molecule has 0 aliphatic carbocycles. The van der Waals surface area contributed by atoms with Crippen LogP contribution in [0.1, 0.15) is 24.5 Å². The highest BCUT2D eigenvalue weighted by atomic mass is 16.5. The molecule has 6 nitrogen and oxygen atoms in total. The van der Waals surface area contributed by atoms with Gasteiger partial charge in [-0.3, -0.25) is 4.68 Å². The van der Waals surface area contributed by atoms with Gasteiger partial charge >= 0.3 is 6.03 Å². The SMILES string of the molecule is Cc1ccc(OCCN(C)C(=O)NC(C)CCn2cccn2)c(C)c1. The lowest BCUT2D eigenvalue weighted by Gasteiger charge is -2.21. The van der Waals surface area contributed by atoms with Crippen LogP contribution >= 0.6 is 0 Å². The topological polar surface area (TPSA) is 59.4 Å². The molecule has 0 saturated carbocycles. The third-order valence-electron chi connectivity index (χ3n) is 4.08. The molecule has 2 aromatic rings. The van der Waals surface area contributed by atoms with Crippen LogP contribution < -0.4 is 10.1 Å². The zero-order valence-corrected chi connectivity index (χ0v) is 15.5. The molecule has 2 amide bonds. The summed E-state index contributed by atoms with van der Waals surface area (Å²) in [5.74, 6) is 0.868. The maximum atomic E-state index is 12.2. The van der Waals surface area contributed by atoms with Crippen LogP contribution in [0.25, 0.3) is 0 Å². The second kappa shape index (κ2) is 9.11. The number of ether oxygens (including phenoxy) is 1. The molecule has 6 heteroatoms. The van der Waals surface area contributed by atoms with Crippen molar-refractivity contribution in [1.82, 2.24) is 20.0 Å². The van der Waals surface area contributed by atoms with E-state index < -0.39 is 0 Å². The number of nitrogens with one attached hydrogen (secondary N) is 1. The molecule has 1 unspecified atom stereocenters. The first-order chi connectivity index (χ1) is 12.0. The van der Waals surface area contributed by atoms with Gasteiger partial charge in [0.25, 0.3) is 0 Å². The second-order valence-electron chi connectivity index (χ2n) is 6.45. The molecule has 1 N–H and O–H groups in total. The first-order valence-electron chi connectivity index (χ1n) is 8.65. The number of benzene rings is 1. The Bertz CT molecular complexity index is 670. The van der Waals surface area contributed by atoms with Crippen LogP contribution in [-0.4, -0.2) is 47.0 Å². The monoisotopic (exact) mass is 344 g/mol. The molecule has 0 bridgehead atoms. The van der Waals surface area contributed by atoms with Gasteiger partial charge in [-0.15, -0.1) is 0 Å². The third kappa shape index (κ3) is 6.14. The fourth-order valence-electron chi connectivity index (χ4n) is 2.51. The smallest absolute Gasteiger partial charge is 0.317 e. The van der Waals surface area contributed by atoms with Crippen molar-refractivity contribution in [3.63, 3.8) is 0 Å². The molecule has 0 spiro atoms. The summed E-state index contributed by atoms with van der Waals surface area (Å²) in [5.41, 5.74) is 2.32. The van der Waals surface area contributed by atoms with Gasteiger partial charge in [-0.2, -0.15) is 5.10 Å². The Balaban J connectivity index is 1.68. The molecular formula is C19H28N4O2. The number of likely N-dealkylation sites (N-methyl/N-ethyl adjacent to an activating group) is 1. The van der Waals surface area contributed by atoms with E-state index >= 15 is 0 Å². The van der Waals surface area contributed by atoms with E-state index in [0.717, 1.165) is 24.3 Å². The van der Waals surface area contributed by atoms with Crippen molar-refractivity contribution in [3.8, 4) is 5.75 Å². The number of amides is 2. The van der Waals surface area contributed by atoms with Crippen molar-refractivity contribution in [2.24, 2.45) is 0 Å². The summed E-state index contributed by atoms with van der Waals surface area (Å²) in [6.45, 7) is 7.87. The Labute approximate surface area is 149 Å². The summed E-state index contributed by atoms with van der Waals surface area (Å²) in [6.07, 6.45) is 4.51. The second-order valence-corrected chi connectivity index (χ2v) is 6.45. The lowest BCUT2D eigenvalue weighted by molar-refractivity contribution is 0.191. The van der Waals surface area contributed by atoms with E-state index in [1.165, 1.54) is 5.56 Å². The number of carbonyl (C=O) groups is 1. The van der Waals surface area contributed by atoms with Crippen LogP contribution in [0, 0.1) is 13.8 Å². The minimum atomic E-state index is -0.0859. The van der Waals surface area contributed by atoms with Crippen LogP contribution in [0.15, 0.2) is 36.7 Å². The Morgan fingerprint density at radius 3 is 2.88 bits per heavy atom. The van der Waals surface area contributed by atoms with Crippen LogP contribution in [-0.2, 0) is 6.54 Å². The maximum absolute atomic E-state index is 12.2. The molecule has 1 atom stereocenters. The summed E-state index contributed by atoms with van der Waals surface area (Å²) in [4.78, 5) is 13.9. The number of aryl methyl sites for hydroxylation is 3. The van der Waals surface area contributed by atoms with Crippen LogP contribution in [0.5, 0.6) is 5.75 Å². The average molecular weight is 344 g/mol. The van der Waals surface area contributed by atoms with Crippen molar-refractivity contribution in [2.45, 2.75) is 39.8 Å². The van der Waals surface area contributed by atoms with Crippen LogP contribution in [0.3, 0.4) is 0 Å². The predicted octanol–water partition coefficient (Wildman–Crippen LogP) is 3.00. The summed E-state index contributed by atoms with van der Waals surface area (Å²) in [7, 11) is 1.78. The van der Waals surface area contributed by atoms with Gasteiger partial charge in [0.15, 0.2) is 0 Å². The molecule has 25 heavy (non-hydrogen) atoms.